The molecular formula is C11H15NO2. The molecule has 3 heteroatoms. The van der Waals surface area contributed by atoms with Gasteiger partial charge in [-0.25, -0.2) is 0 Å². The van der Waals surface area contributed by atoms with Crippen LogP contribution >= 0.6 is 0 Å². The highest BCUT2D eigenvalue weighted by Gasteiger charge is 2.10. The highest BCUT2D eigenvalue weighted by molar-refractivity contribution is 5.55. The molecule has 0 radical (unpaired) electrons. The SMILES string of the molecule is CN(C)c1ccc2c(c1)OCCCO2. The van der Waals surface area contributed by atoms with E-state index in [-0.39, 0.29) is 0 Å². The molecule has 0 fully saturated rings. The summed E-state index contributed by atoms with van der Waals surface area (Å²) in [5.74, 6) is 1.71. The first-order chi connectivity index (χ1) is 6.77. The fourth-order valence-corrected chi connectivity index (χ4v) is 1.43. The lowest BCUT2D eigenvalue weighted by Crippen LogP contribution is -2.08. The first kappa shape index (κ1) is 9.19. The molecule has 1 aromatic carbocycles. The first-order valence-electron chi connectivity index (χ1n) is 4.84. The minimum atomic E-state index is 0.740. The third-order valence-corrected chi connectivity index (χ3v) is 2.25. The first-order valence-corrected chi connectivity index (χ1v) is 4.84. The van der Waals surface area contributed by atoms with Crippen LogP contribution < -0.4 is 14.4 Å². The lowest BCUT2D eigenvalue weighted by Gasteiger charge is -2.15. The Morgan fingerprint density at radius 3 is 2.50 bits per heavy atom. The molecule has 0 saturated heterocycles. The van der Waals surface area contributed by atoms with Crippen LogP contribution in [-0.4, -0.2) is 27.3 Å². The topological polar surface area (TPSA) is 21.7 Å². The number of ether oxygens (including phenoxy) is 2. The molecule has 0 aliphatic carbocycles. The summed E-state index contributed by atoms with van der Waals surface area (Å²) >= 11 is 0. The lowest BCUT2D eigenvalue weighted by molar-refractivity contribution is 0.297. The van der Waals surface area contributed by atoms with Gasteiger partial charge in [0.25, 0.3) is 0 Å². The van der Waals surface area contributed by atoms with Gasteiger partial charge in [0, 0.05) is 32.3 Å². The largest absolute Gasteiger partial charge is 0.490 e. The van der Waals surface area contributed by atoms with Crippen molar-refractivity contribution >= 4 is 5.69 Å². The lowest BCUT2D eigenvalue weighted by atomic mass is 10.2. The summed E-state index contributed by atoms with van der Waals surface area (Å²) in [6.45, 7) is 1.48. The van der Waals surface area contributed by atoms with Gasteiger partial charge in [-0.2, -0.15) is 0 Å². The number of hydrogen-bond donors (Lipinski definition) is 0. The van der Waals surface area contributed by atoms with Gasteiger partial charge in [0.1, 0.15) is 0 Å². The third kappa shape index (κ3) is 1.76. The molecule has 0 bridgehead atoms. The molecule has 1 aliphatic heterocycles. The molecule has 0 N–H and O–H groups in total. The Balaban J connectivity index is 2.32. The number of hydrogen-bond acceptors (Lipinski definition) is 3. The second-order valence-electron chi connectivity index (χ2n) is 3.58. The molecule has 0 spiro atoms. The van der Waals surface area contributed by atoms with Crippen LogP contribution in [0, 0.1) is 0 Å². The minimum absolute atomic E-state index is 0.740. The molecule has 0 atom stereocenters. The summed E-state index contributed by atoms with van der Waals surface area (Å²) in [4.78, 5) is 2.05. The maximum Gasteiger partial charge on any atom is 0.163 e. The van der Waals surface area contributed by atoms with Crippen molar-refractivity contribution in [1.29, 1.82) is 0 Å². The van der Waals surface area contributed by atoms with E-state index in [0.29, 0.717) is 0 Å². The Morgan fingerprint density at radius 1 is 1.07 bits per heavy atom. The molecular weight excluding hydrogens is 178 g/mol. The molecule has 2 rings (SSSR count). The molecule has 0 saturated carbocycles. The monoisotopic (exact) mass is 193 g/mol. The highest BCUT2D eigenvalue weighted by Crippen LogP contribution is 2.32. The van der Waals surface area contributed by atoms with E-state index in [2.05, 4.69) is 4.90 Å². The van der Waals surface area contributed by atoms with E-state index in [1.165, 1.54) is 0 Å². The Morgan fingerprint density at radius 2 is 1.79 bits per heavy atom. The van der Waals surface area contributed by atoms with E-state index >= 15 is 0 Å². The smallest absolute Gasteiger partial charge is 0.163 e. The number of fused-ring (bicyclic) bond motifs is 1. The third-order valence-electron chi connectivity index (χ3n) is 2.25. The van der Waals surface area contributed by atoms with Gasteiger partial charge >= 0.3 is 0 Å². The molecule has 76 valence electrons. The Bertz CT molecular complexity index is 323. The second kappa shape index (κ2) is 3.78. The predicted molar refractivity (Wildman–Crippen MR) is 56.4 cm³/mol. The molecule has 0 amide bonds. The van der Waals surface area contributed by atoms with E-state index in [1.807, 2.05) is 32.3 Å². The molecule has 1 heterocycles. The van der Waals surface area contributed by atoms with Crippen molar-refractivity contribution in [2.45, 2.75) is 6.42 Å². The average molecular weight is 193 g/mol. The van der Waals surface area contributed by atoms with Gasteiger partial charge in [0.15, 0.2) is 11.5 Å². The summed E-state index contributed by atoms with van der Waals surface area (Å²) in [6.07, 6.45) is 0.950. The number of benzene rings is 1. The molecule has 0 unspecified atom stereocenters. The average Bonchev–Trinajstić information content (AvgIpc) is 2.41. The highest BCUT2D eigenvalue weighted by atomic mass is 16.5. The number of anilines is 1. The molecule has 1 aliphatic rings. The van der Waals surface area contributed by atoms with Crippen molar-refractivity contribution in [3.05, 3.63) is 18.2 Å². The van der Waals surface area contributed by atoms with Gasteiger partial charge in [0.2, 0.25) is 0 Å². The summed E-state index contributed by atoms with van der Waals surface area (Å²) in [5, 5.41) is 0. The fraction of sp³-hybridized carbons (Fsp3) is 0.455. The van der Waals surface area contributed by atoms with Gasteiger partial charge in [0.05, 0.1) is 13.2 Å². The van der Waals surface area contributed by atoms with Crippen molar-refractivity contribution in [1.82, 2.24) is 0 Å². The second-order valence-corrected chi connectivity index (χ2v) is 3.58. The Kier molecular flexibility index (Phi) is 2.48. The van der Waals surface area contributed by atoms with Crippen LogP contribution in [0.5, 0.6) is 11.5 Å². The maximum absolute atomic E-state index is 5.59. The zero-order valence-electron chi connectivity index (χ0n) is 8.62. The summed E-state index contributed by atoms with van der Waals surface area (Å²) in [6, 6.07) is 6.02. The van der Waals surface area contributed by atoms with E-state index in [0.717, 1.165) is 36.8 Å². The molecule has 14 heavy (non-hydrogen) atoms. The summed E-state index contributed by atoms with van der Waals surface area (Å²) in [5.41, 5.74) is 1.13. The van der Waals surface area contributed by atoms with E-state index in [9.17, 15) is 0 Å². The van der Waals surface area contributed by atoms with Gasteiger partial charge in [-0.1, -0.05) is 0 Å². The number of rotatable bonds is 1. The number of nitrogens with zero attached hydrogens (tertiary/aromatic N) is 1. The normalized spacial score (nSPS) is 14.7. The van der Waals surface area contributed by atoms with E-state index in [4.69, 9.17) is 9.47 Å². The standard InChI is InChI=1S/C11H15NO2/c1-12(2)9-4-5-10-11(8-9)14-7-3-6-13-10/h4-5,8H,3,6-7H2,1-2H3. The van der Waals surface area contributed by atoms with Gasteiger partial charge in [-0.05, 0) is 12.1 Å². The zero-order chi connectivity index (χ0) is 9.97. The van der Waals surface area contributed by atoms with Crippen molar-refractivity contribution in [2.75, 3.05) is 32.2 Å². The van der Waals surface area contributed by atoms with E-state index in [1.54, 1.807) is 0 Å². The molecule has 3 nitrogen and oxygen atoms in total. The van der Waals surface area contributed by atoms with Gasteiger partial charge < -0.3 is 14.4 Å². The minimum Gasteiger partial charge on any atom is -0.490 e. The molecule has 1 aromatic rings. The summed E-state index contributed by atoms with van der Waals surface area (Å²) in [7, 11) is 4.03. The van der Waals surface area contributed by atoms with Crippen LogP contribution in [-0.2, 0) is 0 Å². The molecule has 0 aromatic heterocycles. The van der Waals surface area contributed by atoms with Crippen molar-refractivity contribution in [3.8, 4) is 11.5 Å². The maximum atomic E-state index is 5.59. The van der Waals surface area contributed by atoms with Crippen LogP contribution in [0.3, 0.4) is 0 Å². The fourth-order valence-electron chi connectivity index (χ4n) is 1.43. The predicted octanol–water partition coefficient (Wildman–Crippen LogP) is 1.91. The van der Waals surface area contributed by atoms with Gasteiger partial charge in [-0.15, -0.1) is 0 Å². The zero-order valence-corrected chi connectivity index (χ0v) is 8.62. The van der Waals surface area contributed by atoms with Crippen molar-refractivity contribution < 1.29 is 9.47 Å². The quantitative estimate of drug-likeness (QED) is 0.680. The van der Waals surface area contributed by atoms with Crippen LogP contribution in [0.1, 0.15) is 6.42 Å². The van der Waals surface area contributed by atoms with Crippen LogP contribution in [0.25, 0.3) is 0 Å². The van der Waals surface area contributed by atoms with Crippen LogP contribution in [0.2, 0.25) is 0 Å². The Hall–Kier alpha value is -1.38. The summed E-state index contributed by atoms with van der Waals surface area (Å²) < 4.78 is 11.1. The van der Waals surface area contributed by atoms with E-state index < -0.39 is 0 Å². The van der Waals surface area contributed by atoms with Crippen LogP contribution in [0.15, 0.2) is 18.2 Å². The van der Waals surface area contributed by atoms with Crippen molar-refractivity contribution in [2.24, 2.45) is 0 Å². The van der Waals surface area contributed by atoms with Crippen molar-refractivity contribution in [3.63, 3.8) is 0 Å². The Labute approximate surface area is 84.2 Å². The van der Waals surface area contributed by atoms with Gasteiger partial charge in [-0.3, -0.25) is 0 Å². The van der Waals surface area contributed by atoms with Crippen LogP contribution in [0.4, 0.5) is 5.69 Å².